The molecule has 0 bridgehead atoms. The second-order valence-electron chi connectivity index (χ2n) is 6.70. The Labute approximate surface area is 158 Å². The fourth-order valence-electron chi connectivity index (χ4n) is 3.56. The van der Waals surface area contributed by atoms with Crippen LogP contribution in [0.25, 0.3) is 0 Å². The quantitative estimate of drug-likeness (QED) is 0.807. The van der Waals surface area contributed by atoms with E-state index in [4.69, 9.17) is 9.47 Å². The standard InChI is InChI=1S/C20H23N3O4/c1-26-18-7-6-14(12-15(18)13-22-8-10-27-11-9-22)19-21-17-5-3-2-4-16(17)20(24)23(19)25/h2-7,12,19,21,25H,8-11,13H2,1H3/t19-/m0/s1. The van der Waals surface area contributed by atoms with Crippen LogP contribution in [0, 0.1) is 0 Å². The van der Waals surface area contributed by atoms with Crippen molar-refractivity contribution in [2.45, 2.75) is 12.7 Å². The molecule has 1 amide bonds. The molecule has 2 aromatic rings. The van der Waals surface area contributed by atoms with Gasteiger partial charge in [0.25, 0.3) is 5.91 Å². The van der Waals surface area contributed by atoms with Crippen molar-refractivity contribution in [1.29, 1.82) is 0 Å². The number of rotatable bonds is 4. The zero-order valence-corrected chi connectivity index (χ0v) is 15.2. The van der Waals surface area contributed by atoms with Crippen LogP contribution < -0.4 is 10.1 Å². The number of hydrogen-bond donors (Lipinski definition) is 2. The second-order valence-corrected chi connectivity index (χ2v) is 6.70. The number of hydrogen-bond acceptors (Lipinski definition) is 6. The average Bonchev–Trinajstić information content (AvgIpc) is 2.71. The molecular weight excluding hydrogens is 346 g/mol. The Morgan fingerprint density at radius 3 is 2.78 bits per heavy atom. The molecule has 1 saturated heterocycles. The molecule has 0 saturated carbocycles. The highest BCUT2D eigenvalue weighted by atomic mass is 16.5. The van der Waals surface area contributed by atoms with Crippen molar-refractivity contribution >= 4 is 11.6 Å². The summed E-state index contributed by atoms with van der Waals surface area (Å²) in [6, 6.07) is 12.9. The lowest BCUT2D eigenvalue weighted by Gasteiger charge is -2.34. The van der Waals surface area contributed by atoms with E-state index in [2.05, 4.69) is 10.2 Å². The summed E-state index contributed by atoms with van der Waals surface area (Å²) in [4.78, 5) is 14.8. The van der Waals surface area contributed by atoms with Gasteiger partial charge in [0.1, 0.15) is 5.75 Å². The minimum absolute atomic E-state index is 0.417. The van der Waals surface area contributed by atoms with E-state index in [1.165, 1.54) is 0 Å². The lowest BCUT2D eigenvalue weighted by Crippen LogP contribution is -2.40. The number of nitrogens with zero attached hydrogens (tertiary/aromatic N) is 2. The Kier molecular flexibility index (Phi) is 4.98. The number of hydroxylamine groups is 2. The third kappa shape index (κ3) is 3.49. The predicted octanol–water partition coefficient (Wildman–Crippen LogP) is 2.48. The van der Waals surface area contributed by atoms with Crippen LogP contribution in [0.5, 0.6) is 5.75 Å². The number of methoxy groups -OCH3 is 1. The van der Waals surface area contributed by atoms with Crippen molar-refractivity contribution in [2.24, 2.45) is 0 Å². The molecule has 1 atom stereocenters. The average molecular weight is 369 g/mol. The van der Waals surface area contributed by atoms with Gasteiger partial charge in [-0.25, -0.2) is 0 Å². The van der Waals surface area contributed by atoms with Gasteiger partial charge in [0.05, 0.1) is 25.9 Å². The highest BCUT2D eigenvalue weighted by Gasteiger charge is 2.32. The summed E-state index contributed by atoms with van der Waals surface area (Å²) in [6.07, 6.45) is -0.651. The van der Waals surface area contributed by atoms with Crippen LogP contribution >= 0.6 is 0 Å². The maximum Gasteiger partial charge on any atom is 0.281 e. The van der Waals surface area contributed by atoms with Crippen molar-refractivity contribution in [3.8, 4) is 5.75 Å². The van der Waals surface area contributed by atoms with E-state index in [0.717, 1.165) is 54.8 Å². The Bertz CT molecular complexity index is 836. The Balaban J connectivity index is 1.63. The third-order valence-electron chi connectivity index (χ3n) is 5.02. The molecule has 0 radical (unpaired) electrons. The number of nitrogens with one attached hydrogen (secondary N) is 1. The number of benzene rings is 2. The van der Waals surface area contributed by atoms with Gasteiger partial charge in [-0.1, -0.05) is 18.2 Å². The first-order chi connectivity index (χ1) is 13.2. The molecular formula is C20H23N3O4. The van der Waals surface area contributed by atoms with E-state index in [1.54, 1.807) is 19.2 Å². The number of carbonyl (C=O) groups excluding carboxylic acids is 1. The fourth-order valence-corrected chi connectivity index (χ4v) is 3.56. The van der Waals surface area contributed by atoms with Crippen LogP contribution in [-0.2, 0) is 11.3 Å². The molecule has 2 heterocycles. The SMILES string of the molecule is COc1ccc([C@H]2Nc3ccccc3C(=O)N2O)cc1CN1CCOCC1. The molecule has 0 aromatic heterocycles. The maximum atomic E-state index is 12.5. The largest absolute Gasteiger partial charge is 0.496 e. The number of fused-ring (bicyclic) bond motifs is 1. The van der Waals surface area contributed by atoms with Crippen molar-refractivity contribution in [3.63, 3.8) is 0 Å². The molecule has 0 aliphatic carbocycles. The first kappa shape index (κ1) is 17.8. The van der Waals surface area contributed by atoms with E-state index in [9.17, 15) is 10.0 Å². The molecule has 2 aromatic carbocycles. The van der Waals surface area contributed by atoms with Gasteiger partial charge >= 0.3 is 0 Å². The molecule has 2 aliphatic rings. The molecule has 4 rings (SSSR count). The van der Waals surface area contributed by atoms with E-state index in [1.807, 2.05) is 30.3 Å². The zero-order chi connectivity index (χ0) is 18.8. The van der Waals surface area contributed by atoms with Gasteiger partial charge in [-0.05, 0) is 29.8 Å². The maximum absolute atomic E-state index is 12.5. The number of morpholine rings is 1. The summed E-state index contributed by atoms with van der Waals surface area (Å²) in [6.45, 7) is 3.91. The molecule has 0 unspecified atom stereocenters. The van der Waals surface area contributed by atoms with Crippen molar-refractivity contribution in [2.75, 3.05) is 38.7 Å². The number of para-hydroxylation sites is 1. The number of ether oxygens (including phenoxy) is 2. The summed E-state index contributed by atoms with van der Waals surface area (Å²) < 4.78 is 10.9. The molecule has 2 N–H and O–H groups in total. The summed E-state index contributed by atoms with van der Waals surface area (Å²) in [7, 11) is 1.65. The molecule has 142 valence electrons. The Hall–Kier alpha value is -2.61. The van der Waals surface area contributed by atoms with E-state index in [-0.39, 0.29) is 0 Å². The summed E-state index contributed by atoms with van der Waals surface area (Å²) in [5.74, 6) is 0.372. The van der Waals surface area contributed by atoms with Crippen molar-refractivity contribution < 1.29 is 19.5 Å². The lowest BCUT2D eigenvalue weighted by molar-refractivity contribution is -0.0851. The smallest absolute Gasteiger partial charge is 0.281 e. The monoisotopic (exact) mass is 369 g/mol. The fraction of sp³-hybridized carbons (Fsp3) is 0.350. The van der Waals surface area contributed by atoms with Gasteiger partial charge < -0.3 is 14.8 Å². The second kappa shape index (κ2) is 7.56. The van der Waals surface area contributed by atoms with Gasteiger partial charge in [0, 0.05) is 30.9 Å². The van der Waals surface area contributed by atoms with Crippen LogP contribution in [0.15, 0.2) is 42.5 Å². The van der Waals surface area contributed by atoms with E-state index in [0.29, 0.717) is 11.3 Å². The molecule has 2 aliphatic heterocycles. The lowest BCUT2D eigenvalue weighted by atomic mass is 10.0. The minimum Gasteiger partial charge on any atom is -0.496 e. The highest BCUT2D eigenvalue weighted by Crippen LogP contribution is 2.33. The van der Waals surface area contributed by atoms with Crippen LogP contribution in [0.4, 0.5) is 5.69 Å². The van der Waals surface area contributed by atoms with Gasteiger partial charge in [-0.2, -0.15) is 5.06 Å². The molecule has 7 heteroatoms. The molecule has 1 fully saturated rings. The minimum atomic E-state index is -0.651. The highest BCUT2D eigenvalue weighted by molar-refractivity contribution is 6.01. The van der Waals surface area contributed by atoms with Crippen molar-refractivity contribution in [3.05, 3.63) is 59.2 Å². The van der Waals surface area contributed by atoms with Gasteiger partial charge in [-0.3, -0.25) is 14.9 Å². The normalized spacial score (nSPS) is 20.1. The zero-order valence-electron chi connectivity index (χ0n) is 15.2. The molecule has 0 spiro atoms. The van der Waals surface area contributed by atoms with E-state index >= 15 is 0 Å². The molecule has 7 nitrogen and oxygen atoms in total. The van der Waals surface area contributed by atoms with Crippen molar-refractivity contribution in [1.82, 2.24) is 9.96 Å². The summed E-state index contributed by atoms with van der Waals surface area (Å²) in [5.41, 5.74) is 2.98. The van der Waals surface area contributed by atoms with E-state index < -0.39 is 12.1 Å². The van der Waals surface area contributed by atoms with Crippen LogP contribution in [0.3, 0.4) is 0 Å². The molecule has 27 heavy (non-hydrogen) atoms. The Morgan fingerprint density at radius 1 is 1.22 bits per heavy atom. The topological polar surface area (TPSA) is 74.3 Å². The number of anilines is 1. The van der Waals surface area contributed by atoms with Crippen LogP contribution in [-0.4, -0.2) is 54.5 Å². The van der Waals surface area contributed by atoms with Gasteiger partial charge in [0.2, 0.25) is 0 Å². The number of amides is 1. The summed E-state index contributed by atoms with van der Waals surface area (Å²) >= 11 is 0. The number of carbonyl (C=O) groups is 1. The first-order valence-corrected chi connectivity index (χ1v) is 9.02. The van der Waals surface area contributed by atoms with Gasteiger partial charge in [-0.15, -0.1) is 0 Å². The summed E-state index contributed by atoms with van der Waals surface area (Å²) in [5, 5.41) is 14.4. The Morgan fingerprint density at radius 2 is 2.00 bits per heavy atom. The van der Waals surface area contributed by atoms with Crippen LogP contribution in [0.2, 0.25) is 0 Å². The van der Waals surface area contributed by atoms with Gasteiger partial charge in [0.15, 0.2) is 6.17 Å². The first-order valence-electron chi connectivity index (χ1n) is 9.02. The third-order valence-corrected chi connectivity index (χ3v) is 5.02. The van der Waals surface area contributed by atoms with Crippen LogP contribution in [0.1, 0.15) is 27.7 Å². The predicted molar refractivity (Wildman–Crippen MR) is 99.9 cm³/mol.